The molecular weight excluding hydrogens is 340 g/mol. The standard InChI is InChI=1S/C18H28N2O4S/c1-4-24-17-12-10-16(11-13-17)20(25(3,22)23)14-18(21)19(2)15-8-6-5-7-9-15/h10-13,15H,4-9,14H2,1-3H3. The van der Waals surface area contributed by atoms with Gasteiger partial charge in [0.1, 0.15) is 12.3 Å². The van der Waals surface area contributed by atoms with Gasteiger partial charge in [0.2, 0.25) is 15.9 Å². The molecule has 7 heteroatoms. The highest BCUT2D eigenvalue weighted by atomic mass is 32.2. The Labute approximate surface area is 150 Å². The molecule has 1 saturated carbocycles. The van der Waals surface area contributed by atoms with Crippen molar-refractivity contribution in [2.45, 2.75) is 45.1 Å². The first-order valence-electron chi connectivity index (χ1n) is 8.79. The smallest absolute Gasteiger partial charge is 0.243 e. The number of hydrogen-bond acceptors (Lipinski definition) is 4. The first-order chi connectivity index (χ1) is 11.8. The fourth-order valence-electron chi connectivity index (χ4n) is 3.18. The molecule has 1 aromatic carbocycles. The van der Waals surface area contributed by atoms with Crippen molar-refractivity contribution < 1.29 is 17.9 Å². The van der Waals surface area contributed by atoms with E-state index in [1.807, 2.05) is 6.92 Å². The van der Waals surface area contributed by atoms with Crippen LogP contribution in [0.2, 0.25) is 0 Å². The van der Waals surface area contributed by atoms with Gasteiger partial charge < -0.3 is 9.64 Å². The highest BCUT2D eigenvalue weighted by molar-refractivity contribution is 7.92. The monoisotopic (exact) mass is 368 g/mol. The first kappa shape index (κ1) is 19.6. The van der Waals surface area contributed by atoms with E-state index in [9.17, 15) is 13.2 Å². The average Bonchev–Trinajstić information content (AvgIpc) is 2.60. The van der Waals surface area contributed by atoms with E-state index < -0.39 is 10.0 Å². The average molecular weight is 368 g/mol. The quantitative estimate of drug-likeness (QED) is 0.742. The maximum Gasteiger partial charge on any atom is 0.243 e. The number of nitrogens with zero attached hydrogens (tertiary/aromatic N) is 2. The van der Waals surface area contributed by atoms with Gasteiger partial charge in [0.05, 0.1) is 18.6 Å². The molecule has 25 heavy (non-hydrogen) atoms. The summed E-state index contributed by atoms with van der Waals surface area (Å²) < 4.78 is 30.9. The van der Waals surface area contributed by atoms with Gasteiger partial charge in [-0.15, -0.1) is 0 Å². The minimum absolute atomic E-state index is 0.175. The topological polar surface area (TPSA) is 66.9 Å². The van der Waals surface area contributed by atoms with Crippen molar-refractivity contribution in [3.05, 3.63) is 24.3 Å². The molecule has 1 aliphatic rings. The number of likely N-dealkylation sites (N-methyl/N-ethyl adjacent to an activating group) is 1. The molecule has 6 nitrogen and oxygen atoms in total. The minimum Gasteiger partial charge on any atom is -0.494 e. The predicted molar refractivity (Wildman–Crippen MR) is 99.4 cm³/mol. The number of benzene rings is 1. The highest BCUT2D eigenvalue weighted by Gasteiger charge is 2.27. The molecule has 0 aromatic heterocycles. The van der Waals surface area contributed by atoms with E-state index in [1.54, 1.807) is 36.2 Å². The van der Waals surface area contributed by atoms with E-state index >= 15 is 0 Å². The second-order valence-corrected chi connectivity index (χ2v) is 8.40. The highest BCUT2D eigenvalue weighted by Crippen LogP contribution is 2.24. The second-order valence-electron chi connectivity index (χ2n) is 6.49. The van der Waals surface area contributed by atoms with Crippen molar-refractivity contribution in [2.24, 2.45) is 0 Å². The molecule has 0 radical (unpaired) electrons. The Morgan fingerprint density at radius 3 is 2.28 bits per heavy atom. The van der Waals surface area contributed by atoms with Crippen LogP contribution in [0.25, 0.3) is 0 Å². The van der Waals surface area contributed by atoms with E-state index in [0.717, 1.165) is 36.2 Å². The molecule has 1 fully saturated rings. The largest absolute Gasteiger partial charge is 0.494 e. The summed E-state index contributed by atoms with van der Waals surface area (Å²) in [6.45, 7) is 2.25. The van der Waals surface area contributed by atoms with Crippen LogP contribution < -0.4 is 9.04 Å². The predicted octanol–water partition coefficient (Wildman–Crippen LogP) is 2.64. The summed E-state index contributed by atoms with van der Waals surface area (Å²) >= 11 is 0. The first-order valence-corrected chi connectivity index (χ1v) is 10.6. The van der Waals surface area contributed by atoms with Gasteiger partial charge >= 0.3 is 0 Å². The molecule has 1 amide bonds. The number of amides is 1. The van der Waals surface area contributed by atoms with Crippen LogP contribution >= 0.6 is 0 Å². The summed E-state index contributed by atoms with van der Waals surface area (Å²) in [5.74, 6) is 0.497. The Balaban J connectivity index is 2.13. The summed E-state index contributed by atoms with van der Waals surface area (Å²) in [6, 6.07) is 6.97. The number of rotatable bonds is 7. The molecule has 140 valence electrons. The zero-order valence-electron chi connectivity index (χ0n) is 15.3. The number of carbonyl (C=O) groups excluding carboxylic acids is 1. The van der Waals surface area contributed by atoms with Crippen molar-refractivity contribution in [1.29, 1.82) is 0 Å². The Bertz CT molecular complexity index is 667. The fraction of sp³-hybridized carbons (Fsp3) is 0.611. The molecular formula is C18H28N2O4S. The number of carbonyl (C=O) groups is 1. The number of anilines is 1. The van der Waals surface area contributed by atoms with Gasteiger partial charge in [-0.1, -0.05) is 19.3 Å². The van der Waals surface area contributed by atoms with Gasteiger partial charge in [-0.25, -0.2) is 8.42 Å². The van der Waals surface area contributed by atoms with E-state index in [4.69, 9.17) is 4.74 Å². The molecule has 0 atom stereocenters. The molecule has 1 aliphatic carbocycles. The van der Waals surface area contributed by atoms with Gasteiger partial charge in [-0.2, -0.15) is 0 Å². The van der Waals surface area contributed by atoms with Crippen molar-refractivity contribution in [3.63, 3.8) is 0 Å². The number of ether oxygens (including phenoxy) is 1. The summed E-state index contributed by atoms with van der Waals surface area (Å²) in [4.78, 5) is 14.4. The van der Waals surface area contributed by atoms with E-state index in [-0.39, 0.29) is 18.5 Å². The maximum atomic E-state index is 12.6. The van der Waals surface area contributed by atoms with Crippen LogP contribution in [-0.2, 0) is 14.8 Å². The number of hydrogen-bond donors (Lipinski definition) is 0. The van der Waals surface area contributed by atoms with Crippen molar-refractivity contribution >= 4 is 21.6 Å². The van der Waals surface area contributed by atoms with Gasteiger partial charge in [0.25, 0.3) is 0 Å². The Kier molecular flexibility index (Phi) is 6.70. The molecule has 0 heterocycles. The summed E-state index contributed by atoms with van der Waals surface area (Å²) in [5.41, 5.74) is 0.469. The van der Waals surface area contributed by atoms with Crippen LogP contribution in [0.4, 0.5) is 5.69 Å². The zero-order chi connectivity index (χ0) is 18.4. The molecule has 0 unspecified atom stereocenters. The summed E-state index contributed by atoms with van der Waals surface area (Å²) in [6.07, 6.45) is 6.56. The van der Waals surface area contributed by atoms with Crippen LogP contribution in [0.3, 0.4) is 0 Å². The van der Waals surface area contributed by atoms with Crippen molar-refractivity contribution in [3.8, 4) is 5.75 Å². The SMILES string of the molecule is CCOc1ccc(N(CC(=O)N(C)C2CCCCC2)S(C)(=O)=O)cc1. The third kappa shape index (κ3) is 5.36. The fourth-order valence-corrected chi connectivity index (χ4v) is 4.03. The maximum absolute atomic E-state index is 12.6. The minimum atomic E-state index is -3.56. The molecule has 1 aromatic rings. The van der Waals surface area contributed by atoms with E-state index in [1.165, 1.54) is 6.42 Å². The Hall–Kier alpha value is -1.76. The van der Waals surface area contributed by atoms with Gasteiger partial charge in [0.15, 0.2) is 0 Å². The summed E-state index contributed by atoms with van der Waals surface area (Å²) in [7, 11) is -1.78. The lowest BCUT2D eigenvalue weighted by Gasteiger charge is -2.33. The lowest BCUT2D eigenvalue weighted by molar-refractivity contribution is -0.130. The lowest BCUT2D eigenvalue weighted by Crippen LogP contribution is -2.45. The molecule has 0 bridgehead atoms. The normalized spacial score (nSPS) is 15.6. The van der Waals surface area contributed by atoms with Crippen LogP contribution in [0.1, 0.15) is 39.0 Å². The molecule has 0 spiro atoms. The Morgan fingerprint density at radius 1 is 1.16 bits per heavy atom. The zero-order valence-corrected chi connectivity index (χ0v) is 16.1. The van der Waals surface area contributed by atoms with Crippen LogP contribution in [0.5, 0.6) is 5.75 Å². The van der Waals surface area contributed by atoms with Crippen LogP contribution in [0, 0.1) is 0 Å². The molecule has 0 saturated heterocycles. The van der Waals surface area contributed by atoms with Crippen LogP contribution in [-0.4, -0.2) is 51.7 Å². The molecule has 0 aliphatic heterocycles. The van der Waals surface area contributed by atoms with Gasteiger partial charge in [0, 0.05) is 13.1 Å². The van der Waals surface area contributed by atoms with E-state index in [0.29, 0.717) is 18.0 Å². The second kappa shape index (κ2) is 8.56. The van der Waals surface area contributed by atoms with Crippen molar-refractivity contribution in [1.82, 2.24) is 4.90 Å². The third-order valence-corrected chi connectivity index (χ3v) is 5.77. The van der Waals surface area contributed by atoms with Gasteiger partial charge in [-0.3, -0.25) is 9.10 Å². The lowest BCUT2D eigenvalue weighted by atomic mass is 9.94. The number of sulfonamides is 1. The van der Waals surface area contributed by atoms with Crippen molar-refractivity contribution in [2.75, 3.05) is 30.8 Å². The van der Waals surface area contributed by atoms with Gasteiger partial charge in [-0.05, 0) is 44.0 Å². The summed E-state index contributed by atoms with van der Waals surface area (Å²) in [5, 5.41) is 0. The molecule has 2 rings (SSSR count). The molecule has 0 N–H and O–H groups in total. The Morgan fingerprint density at radius 2 is 1.76 bits per heavy atom. The van der Waals surface area contributed by atoms with E-state index in [2.05, 4.69) is 0 Å². The van der Waals surface area contributed by atoms with Crippen LogP contribution in [0.15, 0.2) is 24.3 Å². The third-order valence-electron chi connectivity index (χ3n) is 4.63.